The molecule has 0 aromatic heterocycles. The fourth-order valence-corrected chi connectivity index (χ4v) is 1.94. The van der Waals surface area contributed by atoms with Gasteiger partial charge in [0, 0.05) is 5.02 Å². The smallest absolute Gasteiger partial charge is 0.126 e. The molecule has 0 aliphatic carbocycles. The van der Waals surface area contributed by atoms with E-state index in [0.29, 0.717) is 21.7 Å². The van der Waals surface area contributed by atoms with Crippen LogP contribution in [0.25, 0.3) is 0 Å². The first-order chi connectivity index (χ1) is 8.49. The largest absolute Gasteiger partial charge is 0.384 e. The summed E-state index contributed by atoms with van der Waals surface area (Å²) < 4.78 is 13.5. The maximum atomic E-state index is 13.5. The SMILES string of the molecule is Cc1ccc(C(O)c2ccc(C)c(Cl)c2)cc1F. The van der Waals surface area contributed by atoms with Gasteiger partial charge in [0.05, 0.1) is 0 Å². The summed E-state index contributed by atoms with van der Waals surface area (Å²) in [6.45, 7) is 3.58. The van der Waals surface area contributed by atoms with Crippen molar-refractivity contribution in [3.05, 3.63) is 69.5 Å². The number of aliphatic hydroxyl groups excluding tert-OH is 1. The molecule has 0 amide bonds. The standard InChI is InChI=1S/C15H14ClFO/c1-9-3-5-11(7-13(9)16)15(18)12-6-4-10(2)14(17)8-12/h3-8,15,18H,1-2H3. The summed E-state index contributed by atoms with van der Waals surface area (Å²) in [6, 6.07) is 10.1. The van der Waals surface area contributed by atoms with E-state index in [0.717, 1.165) is 5.56 Å². The zero-order valence-corrected chi connectivity index (χ0v) is 11.0. The van der Waals surface area contributed by atoms with Gasteiger partial charge in [-0.15, -0.1) is 0 Å². The molecule has 2 aromatic carbocycles. The van der Waals surface area contributed by atoms with E-state index in [4.69, 9.17) is 11.6 Å². The summed E-state index contributed by atoms with van der Waals surface area (Å²) in [7, 11) is 0. The van der Waals surface area contributed by atoms with Crippen LogP contribution in [0, 0.1) is 19.7 Å². The van der Waals surface area contributed by atoms with E-state index in [1.165, 1.54) is 6.07 Å². The van der Waals surface area contributed by atoms with Crippen molar-refractivity contribution in [1.29, 1.82) is 0 Å². The lowest BCUT2D eigenvalue weighted by Gasteiger charge is -2.13. The monoisotopic (exact) mass is 264 g/mol. The second-order valence-electron chi connectivity index (χ2n) is 4.42. The molecular weight excluding hydrogens is 251 g/mol. The van der Waals surface area contributed by atoms with Gasteiger partial charge in [0.1, 0.15) is 11.9 Å². The molecule has 1 N–H and O–H groups in total. The third-order valence-corrected chi connectivity index (χ3v) is 3.43. The van der Waals surface area contributed by atoms with Crippen LogP contribution in [-0.2, 0) is 0 Å². The van der Waals surface area contributed by atoms with Crippen molar-refractivity contribution in [3.8, 4) is 0 Å². The van der Waals surface area contributed by atoms with Gasteiger partial charge < -0.3 is 5.11 Å². The molecule has 3 heteroatoms. The molecule has 0 bridgehead atoms. The molecule has 18 heavy (non-hydrogen) atoms. The number of aryl methyl sites for hydroxylation is 2. The maximum absolute atomic E-state index is 13.5. The second kappa shape index (κ2) is 5.09. The fraction of sp³-hybridized carbons (Fsp3) is 0.200. The van der Waals surface area contributed by atoms with Gasteiger partial charge in [-0.25, -0.2) is 4.39 Å². The molecule has 0 spiro atoms. The number of hydrogen-bond donors (Lipinski definition) is 1. The molecule has 1 atom stereocenters. The Morgan fingerprint density at radius 1 is 1.00 bits per heavy atom. The number of rotatable bonds is 2. The van der Waals surface area contributed by atoms with Crippen LogP contribution in [0.4, 0.5) is 4.39 Å². The Bertz CT molecular complexity index is 529. The Labute approximate surface area is 111 Å². The highest BCUT2D eigenvalue weighted by molar-refractivity contribution is 6.31. The third kappa shape index (κ3) is 2.55. The number of hydrogen-bond acceptors (Lipinski definition) is 1. The lowest BCUT2D eigenvalue weighted by atomic mass is 9.99. The summed E-state index contributed by atoms with van der Waals surface area (Å²) in [5.74, 6) is -0.315. The quantitative estimate of drug-likeness (QED) is 0.863. The molecule has 0 aliphatic rings. The number of halogens is 2. The summed E-state index contributed by atoms with van der Waals surface area (Å²) in [6.07, 6.45) is -0.863. The van der Waals surface area contributed by atoms with Crippen LogP contribution in [0.1, 0.15) is 28.4 Å². The fourth-order valence-electron chi connectivity index (χ4n) is 1.75. The van der Waals surface area contributed by atoms with Crippen LogP contribution in [0.3, 0.4) is 0 Å². The molecule has 1 unspecified atom stereocenters. The lowest BCUT2D eigenvalue weighted by Crippen LogP contribution is -2.01. The molecule has 0 heterocycles. The highest BCUT2D eigenvalue weighted by Gasteiger charge is 2.13. The first-order valence-corrected chi connectivity index (χ1v) is 6.07. The van der Waals surface area contributed by atoms with E-state index < -0.39 is 6.10 Å². The summed E-state index contributed by atoms with van der Waals surface area (Å²) in [4.78, 5) is 0. The second-order valence-corrected chi connectivity index (χ2v) is 4.83. The van der Waals surface area contributed by atoms with E-state index in [2.05, 4.69) is 0 Å². The van der Waals surface area contributed by atoms with Crippen LogP contribution in [0.5, 0.6) is 0 Å². The predicted octanol–water partition coefficient (Wildman–Crippen LogP) is 4.18. The molecule has 0 saturated carbocycles. The Morgan fingerprint density at radius 2 is 1.56 bits per heavy atom. The van der Waals surface area contributed by atoms with E-state index in [1.54, 1.807) is 31.2 Å². The van der Waals surface area contributed by atoms with Crippen molar-refractivity contribution in [2.45, 2.75) is 20.0 Å². The minimum Gasteiger partial charge on any atom is -0.384 e. The van der Waals surface area contributed by atoms with Gasteiger partial charge in [-0.2, -0.15) is 0 Å². The van der Waals surface area contributed by atoms with Crippen molar-refractivity contribution >= 4 is 11.6 Å². The van der Waals surface area contributed by atoms with Gasteiger partial charge in [-0.1, -0.05) is 35.9 Å². The molecule has 2 rings (SSSR count). The number of benzene rings is 2. The molecular formula is C15H14ClFO. The molecule has 1 nitrogen and oxygen atoms in total. The van der Waals surface area contributed by atoms with Crippen LogP contribution < -0.4 is 0 Å². The summed E-state index contributed by atoms with van der Waals surface area (Å²) in [5.41, 5.74) is 2.70. The average molecular weight is 265 g/mol. The lowest BCUT2D eigenvalue weighted by molar-refractivity contribution is 0.220. The molecule has 0 aliphatic heterocycles. The van der Waals surface area contributed by atoms with Gasteiger partial charge in [0.15, 0.2) is 0 Å². The predicted molar refractivity (Wildman–Crippen MR) is 71.4 cm³/mol. The number of aliphatic hydroxyl groups is 1. The zero-order valence-electron chi connectivity index (χ0n) is 10.2. The van der Waals surface area contributed by atoms with Gasteiger partial charge in [0.25, 0.3) is 0 Å². The first-order valence-electron chi connectivity index (χ1n) is 5.69. The van der Waals surface area contributed by atoms with E-state index >= 15 is 0 Å². The average Bonchev–Trinajstić information content (AvgIpc) is 2.35. The highest BCUT2D eigenvalue weighted by atomic mass is 35.5. The minimum atomic E-state index is -0.863. The van der Waals surface area contributed by atoms with E-state index in [1.807, 2.05) is 13.0 Å². The third-order valence-electron chi connectivity index (χ3n) is 3.02. The van der Waals surface area contributed by atoms with Gasteiger partial charge in [0.2, 0.25) is 0 Å². The van der Waals surface area contributed by atoms with Crippen molar-refractivity contribution in [1.82, 2.24) is 0 Å². The maximum Gasteiger partial charge on any atom is 0.126 e. The topological polar surface area (TPSA) is 20.2 Å². The van der Waals surface area contributed by atoms with Crippen molar-refractivity contribution in [2.24, 2.45) is 0 Å². The summed E-state index contributed by atoms with van der Waals surface area (Å²) >= 11 is 6.02. The van der Waals surface area contributed by atoms with Crippen LogP contribution >= 0.6 is 11.6 Å². The molecule has 0 fully saturated rings. The van der Waals surface area contributed by atoms with Crippen LogP contribution in [-0.4, -0.2) is 5.11 Å². The van der Waals surface area contributed by atoms with Crippen molar-refractivity contribution in [2.75, 3.05) is 0 Å². The summed E-state index contributed by atoms with van der Waals surface area (Å²) in [5, 5.41) is 10.8. The van der Waals surface area contributed by atoms with Crippen LogP contribution in [0.2, 0.25) is 5.02 Å². The van der Waals surface area contributed by atoms with Crippen LogP contribution in [0.15, 0.2) is 36.4 Å². The Balaban J connectivity index is 2.37. The molecule has 94 valence electrons. The molecule has 0 saturated heterocycles. The first kappa shape index (κ1) is 13.1. The zero-order chi connectivity index (χ0) is 13.3. The Kier molecular flexibility index (Phi) is 3.69. The van der Waals surface area contributed by atoms with Crippen molar-refractivity contribution < 1.29 is 9.50 Å². The van der Waals surface area contributed by atoms with Crippen molar-refractivity contribution in [3.63, 3.8) is 0 Å². The Morgan fingerprint density at radius 3 is 2.11 bits per heavy atom. The van der Waals surface area contributed by atoms with Gasteiger partial charge in [-0.3, -0.25) is 0 Å². The molecule has 2 aromatic rings. The molecule has 0 radical (unpaired) electrons. The minimum absolute atomic E-state index is 0.315. The normalized spacial score (nSPS) is 12.5. The highest BCUT2D eigenvalue weighted by Crippen LogP contribution is 2.27. The van der Waals surface area contributed by atoms with E-state index in [9.17, 15) is 9.50 Å². The Hall–Kier alpha value is -1.38. The van der Waals surface area contributed by atoms with Gasteiger partial charge in [-0.05, 0) is 48.2 Å². The van der Waals surface area contributed by atoms with Gasteiger partial charge >= 0.3 is 0 Å². The van der Waals surface area contributed by atoms with E-state index in [-0.39, 0.29) is 5.82 Å².